The fourth-order valence-electron chi connectivity index (χ4n) is 1.10. The molecule has 1 rings (SSSR count). The van der Waals surface area contributed by atoms with Crippen LogP contribution in [0.25, 0.3) is 0 Å². The molecule has 0 aliphatic rings. The van der Waals surface area contributed by atoms with E-state index in [-0.39, 0.29) is 0 Å². The fourth-order valence-corrected chi connectivity index (χ4v) is 1.10. The molecule has 1 heterocycles. The van der Waals surface area contributed by atoms with Crippen LogP contribution >= 0.6 is 0 Å². The second kappa shape index (κ2) is 4.69. The van der Waals surface area contributed by atoms with Gasteiger partial charge in [0.25, 0.3) is 6.43 Å². The van der Waals surface area contributed by atoms with E-state index < -0.39 is 13.0 Å². The zero-order valence-corrected chi connectivity index (χ0v) is 7.80. The lowest BCUT2D eigenvalue weighted by molar-refractivity contribution is 0.163. The molecule has 0 saturated carbocycles. The Morgan fingerprint density at radius 2 is 2.21 bits per heavy atom. The highest BCUT2D eigenvalue weighted by molar-refractivity contribution is 5.54. The average molecular weight is 202 g/mol. The molecule has 1 aromatic heterocycles. The smallest absolute Gasteiger partial charge is 0.255 e. The monoisotopic (exact) mass is 202 g/mol. The van der Waals surface area contributed by atoms with E-state index in [1.165, 1.54) is 6.33 Å². The number of alkyl halides is 2. The highest BCUT2D eigenvalue weighted by Crippen LogP contribution is 2.17. The quantitative estimate of drug-likeness (QED) is 0.772. The first-order valence-corrected chi connectivity index (χ1v) is 4.26. The third kappa shape index (κ3) is 2.51. The van der Waals surface area contributed by atoms with E-state index in [0.717, 1.165) is 0 Å². The summed E-state index contributed by atoms with van der Waals surface area (Å²) in [5.41, 5.74) is 6.23. The van der Waals surface area contributed by atoms with Crippen molar-refractivity contribution in [2.24, 2.45) is 0 Å². The van der Waals surface area contributed by atoms with Crippen LogP contribution in [0.1, 0.15) is 12.5 Å². The number of nitrogen functional groups attached to an aromatic ring is 1. The SMILES string of the molecule is CCc1c(N)ncnc1NCC(F)F. The van der Waals surface area contributed by atoms with Crippen LogP contribution in [0.5, 0.6) is 0 Å². The van der Waals surface area contributed by atoms with Crippen LogP contribution in [0.2, 0.25) is 0 Å². The highest BCUT2D eigenvalue weighted by atomic mass is 19.3. The van der Waals surface area contributed by atoms with E-state index in [4.69, 9.17) is 5.73 Å². The van der Waals surface area contributed by atoms with Gasteiger partial charge >= 0.3 is 0 Å². The van der Waals surface area contributed by atoms with Gasteiger partial charge in [-0.25, -0.2) is 18.7 Å². The predicted molar refractivity (Wildman–Crippen MR) is 50.3 cm³/mol. The normalized spacial score (nSPS) is 10.6. The lowest BCUT2D eigenvalue weighted by Gasteiger charge is -2.10. The van der Waals surface area contributed by atoms with Crippen molar-refractivity contribution in [3.63, 3.8) is 0 Å². The summed E-state index contributed by atoms with van der Waals surface area (Å²) >= 11 is 0. The summed E-state index contributed by atoms with van der Waals surface area (Å²) in [4.78, 5) is 7.62. The highest BCUT2D eigenvalue weighted by Gasteiger charge is 2.08. The van der Waals surface area contributed by atoms with Gasteiger partial charge in [-0.1, -0.05) is 6.92 Å². The minimum Gasteiger partial charge on any atom is -0.383 e. The molecule has 0 aromatic carbocycles. The summed E-state index contributed by atoms with van der Waals surface area (Å²) in [6, 6.07) is 0. The fraction of sp³-hybridized carbons (Fsp3) is 0.500. The molecule has 1 aromatic rings. The number of nitrogens with zero attached hydrogens (tertiary/aromatic N) is 2. The van der Waals surface area contributed by atoms with Gasteiger partial charge in [0.1, 0.15) is 18.0 Å². The van der Waals surface area contributed by atoms with Crippen LogP contribution in [-0.4, -0.2) is 22.9 Å². The molecule has 3 N–H and O–H groups in total. The molecule has 0 saturated heterocycles. The van der Waals surface area contributed by atoms with Crippen molar-refractivity contribution >= 4 is 11.6 Å². The Morgan fingerprint density at radius 1 is 1.50 bits per heavy atom. The molecule has 0 fully saturated rings. The van der Waals surface area contributed by atoms with Crippen molar-refractivity contribution in [2.45, 2.75) is 19.8 Å². The van der Waals surface area contributed by atoms with Gasteiger partial charge in [-0.05, 0) is 6.42 Å². The van der Waals surface area contributed by atoms with Crippen molar-refractivity contribution in [3.05, 3.63) is 11.9 Å². The zero-order valence-electron chi connectivity index (χ0n) is 7.80. The second-order valence-electron chi connectivity index (χ2n) is 2.71. The van der Waals surface area contributed by atoms with E-state index in [9.17, 15) is 8.78 Å². The Hall–Kier alpha value is -1.46. The number of hydrogen-bond acceptors (Lipinski definition) is 4. The maximum Gasteiger partial charge on any atom is 0.255 e. The van der Waals surface area contributed by atoms with E-state index in [0.29, 0.717) is 23.6 Å². The number of halogens is 2. The van der Waals surface area contributed by atoms with E-state index in [1.54, 1.807) is 0 Å². The molecule has 0 unspecified atom stereocenters. The van der Waals surface area contributed by atoms with Gasteiger partial charge in [0, 0.05) is 5.56 Å². The van der Waals surface area contributed by atoms with E-state index in [2.05, 4.69) is 15.3 Å². The number of hydrogen-bond donors (Lipinski definition) is 2. The van der Waals surface area contributed by atoms with Gasteiger partial charge in [0.15, 0.2) is 0 Å². The van der Waals surface area contributed by atoms with E-state index in [1.807, 2.05) is 6.92 Å². The summed E-state index contributed by atoms with van der Waals surface area (Å²) in [6.07, 6.45) is -0.545. The molecule has 6 heteroatoms. The largest absolute Gasteiger partial charge is 0.383 e. The summed E-state index contributed by atoms with van der Waals surface area (Å²) in [6.45, 7) is 1.44. The van der Waals surface area contributed by atoms with Crippen LogP contribution in [-0.2, 0) is 6.42 Å². The maximum absolute atomic E-state index is 11.9. The van der Waals surface area contributed by atoms with Gasteiger partial charge < -0.3 is 11.1 Å². The molecular weight excluding hydrogens is 190 g/mol. The Kier molecular flexibility index (Phi) is 3.55. The van der Waals surface area contributed by atoms with Gasteiger partial charge in [-0.15, -0.1) is 0 Å². The summed E-state index contributed by atoms with van der Waals surface area (Å²) in [7, 11) is 0. The van der Waals surface area contributed by atoms with Gasteiger partial charge in [0.2, 0.25) is 0 Å². The van der Waals surface area contributed by atoms with E-state index >= 15 is 0 Å². The van der Waals surface area contributed by atoms with Crippen molar-refractivity contribution in [1.29, 1.82) is 0 Å². The first-order chi connectivity index (χ1) is 6.65. The van der Waals surface area contributed by atoms with Crippen molar-refractivity contribution in [3.8, 4) is 0 Å². The lowest BCUT2D eigenvalue weighted by Crippen LogP contribution is -2.14. The first-order valence-electron chi connectivity index (χ1n) is 4.26. The number of anilines is 2. The third-order valence-electron chi connectivity index (χ3n) is 1.76. The first kappa shape index (κ1) is 10.6. The maximum atomic E-state index is 11.9. The van der Waals surface area contributed by atoms with Gasteiger partial charge in [-0.2, -0.15) is 0 Å². The van der Waals surface area contributed by atoms with Crippen molar-refractivity contribution in [2.75, 3.05) is 17.6 Å². The number of nitrogens with two attached hydrogens (primary N) is 1. The number of rotatable bonds is 4. The average Bonchev–Trinajstić information content (AvgIpc) is 2.14. The molecule has 0 atom stereocenters. The predicted octanol–water partition coefficient (Wildman–Crippen LogP) is 1.30. The number of aromatic nitrogens is 2. The Labute approximate surface area is 80.6 Å². The molecule has 0 aliphatic carbocycles. The minimum absolute atomic E-state index is 0.333. The van der Waals surface area contributed by atoms with Crippen molar-refractivity contribution < 1.29 is 8.78 Å². The summed E-state index contributed by atoms with van der Waals surface area (Å²) in [5, 5.41) is 2.52. The Morgan fingerprint density at radius 3 is 2.79 bits per heavy atom. The Bertz CT molecular complexity index is 303. The standard InChI is InChI=1S/C8H12F2N4/c1-2-5-7(11)13-4-14-8(5)12-3-6(9)10/h4,6H,2-3H2,1H3,(H3,11,12,13,14). The van der Waals surface area contributed by atoms with Crippen LogP contribution in [0.3, 0.4) is 0 Å². The molecule has 0 aliphatic heterocycles. The molecule has 14 heavy (non-hydrogen) atoms. The second-order valence-corrected chi connectivity index (χ2v) is 2.71. The summed E-state index contributed by atoms with van der Waals surface area (Å²) in [5.74, 6) is 0.722. The molecule has 0 radical (unpaired) electrons. The van der Waals surface area contributed by atoms with Crippen molar-refractivity contribution in [1.82, 2.24) is 9.97 Å². The van der Waals surface area contributed by atoms with Crippen LogP contribution < -0.4 is 11.1 Å². The molecule has 4 nitrogen and oxygen atoms in total. The van der Waals surface area contributed by atoms with Crippen LogP contribution in [0.4, 0.5) is 20.4 Å². The van der Waals surface area contributed by atoms with Gasteiger partial charge in [0.05, 0.1) is 6.54 Å². The third-order valence-corrected chi connectivity index (χ3v) is 1.76. The topological polar surface area (TPSA) is 63.8 Å². The Balaban J connectivity index is 2.80. The minimum atomic E-state index is -2.41. The molecule has 0 bridgehead atoms. The molecule has 0 spiro atoms. The van der Waals surface area contributed by atoms with Crippen LogP contribution in [0.15, 0.2) is 6.33 Å². The molecule has 78 valence electrons. The summed E-state index contributed by atoms with van der Waals surface area (Å²) < 4.78 is 23.8. The molecular formula is C8H12F2N4. The number of nitrogens with one attached hydrogen (secondary N) is 1. The zero-order chi connectivity index (χ0) is 10.6. The lowest BCUT2D eigenvalue weighted by atomic mass is 10.2. The van der Waals surface area contributed by atoms with Crippen LogP contribution in [0, 0.1) is 0 Å². The van der Waals surface area contributed by atoms with Gasteiger partial charge in [-0.3, -0.25) is 0 Å². The molecule has 0 amide bonds.